The van der Waals surface area contributed by atoms with Crippen molar-refractivity contribution in [3.8, 4) is 5.75 Å². The Morgan fingerprint density at radius 3 is 2.80 bits per heavy atom. The largest absolute Gasteiger partial charge is 0.484 e. The van der Waals surface area contributed by atoms with Gasteiger partial charge in [0.25, 0.3) is 5.91 Å². The average Bonchev–Trinajstić information content (AvgIpc) is 2.84. The number of benzene rings is 1. The number of rotatable bonds is 5. The Morgan fingerprint density at radius 2 is 2.15 bits per heavy atom. The Morgan fingerprint density at radius 1 is 1.35 bits per heavy atom. The number of ether oxygens (including phenoxy) is 1. The fraction of sp³-hybridized carbons (Fsp3) is 0.286. The Labute approximate surface area is 116 Å². The van der Waals surface area contributed by atoms with Crippen LogP contribution in [-0.4, -0.2) is 24.5 Å². The lowest BCUT2D eigenvalue weighted by Crippen LogP contribution is -2.24. The highest BCUT2D eigenvalue weighted by Crippen LogP contribution is 2.21. The zero-order chi connectivity index (χ0) is 14.5. The third-order valence-corrected chi connectivity index (χ3v) is 2.94. The number of carbonyl (C=O) groups excluding carboxylic acids is 2. The molecule has 1 aliphatic rings. The van der Waals surface area contributed by atoms with Gasteiger partial charge in [0.05, 0.1) is 5.92 Å². The lowest BCUT2D eigenvalue weighted by molar-refractivity contribution is -0.120. The lowest BCUT2D eigenvalue weighted by Gasteiger charge is -2.11. The average molecular weight is 275 g/mol. The van der Waals surface area contributed by atoms with Crippen LogP contribution >= 0.6 is 0 Å². The van der Waals surface area contributed by atoms with Crippen LogP contribution in [0.25, 0.3) is 0 Å². The molecule has 1 aromatic rings. The summed E-state index contributed by atoms with van der Waals surface area (Å²) in [5, 5.41) is 2.79. The fourth-order valence-electron chi connectivity index (χ4n) is 1.97. The van der Waals surface area contributed by atoms with Crippen LogP contribution in [-0.2, 0) is 9.59 Å². The predicted octanol–water partition coefficient (Wildman–Crippen LogP) is 0.393. The monoisotopic (exact) mass is 275 g/mol. The summed E-state index contributed by atoms with van der Waals surface area (Å²) in [6, 6.07) is 6.73. The first kappa shape index (κ1) is 14.1. The normalized spacial score (nSPS) is 20.6. The molecule has 0 bridgehead atoms. The topological polar surface area (TPSA) is 107 Å². The number of primary amides is 1. The first-order valence-electron chi connectivity index (χ1n) is 6.30. The zero-order valence-electron chi connectivity index (χ0n) is 10.9. The van der Waals surface area contributed by atoms with E-state index >= 15 is 0 Å². The SMILES string of the molecule is NC(=O)COc1cccc(NC(=O)C2C=CC(N)C2)c1. The summed E-state index contributed by atoms with van der Waals surface area (Å²) in [6.45, 7) is -0.197. The molecule has 2 amide bonds. The molecule has 6 heteroatoms. The van der Waals surface area contributed by atoms with E-state index in [2.05, 4.69) is 5.32 Å². The summed E-state index contributed by atoms with van der Waals surface area (Å²) in [5.41, 5.74) is 11.3. The molecule has 0 fully saturated rings. The van der Waals surface area contributed by atoms with Crippen molar-refractivity contribution in [2.45, 2.75) is 12.5 Å². The number of carbonyl (C=O) groups is 2. The van der Waals surface area contributed by atoms with Gasteiger partial charge in [-0.1, -0.05) is 18.2 Å². The molecule has 2 atom stereocenters. The van der Waals surface area contributed by atoms with Gasteiger partial charge >= 0.3 is 0 Å². The van der Waals surface area contributed by atoms with Crippen LogP contribution in [0.4, 0.5) is 5.69 Å². The molecule has 0 aromatic heterocycles. The van der Waals surface area contributed by atoms with E-state index in [0.717, 1.165) is 0 Å². The molecule has 0 spiro atoms. The molecule has 1 aliphatic carbocycles. The van der Waals surface area contributed by atoms with Gasteiger partial charge in [-0.25, -0.2) is 0 Å². The summed E-state index contributed by atoms with van der Waals surface area (Å²) in [7, 11) is 0. The van der Waals surface area contributed by atoms with Crippen molar-refractivity contribution in [3.63, 3.8) is 0 Å². The van der Waals surface area contributed by atoms with Crippen molar-refractivity contribution < 1.29 is 14.3 Å². The maximum Gasteiger partial charge on any atom is 0.255 e. The Hall–Kier alpha value is -2.34. The fourth-order valence-corrected chi connectivity index (χ4v) is 1.97. The van der Waals surface area contributed by atoms with Gasteiger partial charge in [0.2, 0.25) is 5.91 Å². The van der Waals surface area contributed by atoms with Gasteiger partial charge in [0.1, 0.15) is 5.75 Å². The maximum atomic E-state index is 12.0. The molecule has 0 saturated heterocycles. The smallest absolute Gasteiger partial charge is 0.255 e. The molecule has 20 heavy (non-hydrogen) atoms. The van der Waals surface area contributed by atoms with E-state index in [1.807, 2.05) is 12.2 Å². The van der Waals surface area contributed by atoms with Crippen LogP contribution in [0.2, 0.25) is 0 Å². The van der Waals surface area contributed by atoms with Crippen LogP contribution in [0.3, 0.4) is 0 Å². The van der Waals surface area contributed by atoms with Gasteiger partial charge in [0, 0.05) is 17.8 Å². The van der Waals surface area contributed by atoms with Gasteiger partial charge in [0.15, 0.2) is 6.61 Å². The third kappa shape index (κ3) is 3.83. The number of nitrogens with two attached hydrogens (primary N) is 2. The van der Waals surface area contributed by atoms with Gasteiger partial charge in [-0.15, -0.1) is 0 Å². The third-order valence-electron chi connectivity index (χ3n) is 2.94. The number of nitrogens with one attached hydrogen (secondary N) is 1. The van der Waals surface area contributed by atoms with E-state index in [4.69, 9.17) is 16.2 Å². The van der Waals surface area contributed by atoms with Crippen LogP contribution in [0.15, 0.2) is 36.4 Å². The molecule has 6 nitrogen and oxygen atoms in total. The quantitative estimate of drug-likeness (QED) is 0.676. The Kier molecular flexibility index (Phi) is 4.37. The summed E-state index contributed by atoms with van der Waals surface area (Å²) in [6.07, 6.45) is 4.26. The molecule has 0 radical (unpaired) electrons. The first-order valence-corrected chi connectivity index (χ1v) is 6.30. The minimum absolute atomic E-state index is 0.0593. The zero-order valence-corrected chi connectivity index (χ0v) is 10.9. The summed E-state index contributed by atoms with van der Waals surface area (Å²) >= 11 is 0. The van der Waals surface area contributed by atoms with E-state index in [1.54, 1.807) is 24.3 Å². The second kappa shape index (κ2) is 6.21. The van der Waals surface area contributed by atoms with Crippen molar-refractivity contribution in [3.05, 3.63) is 36.4 Å². The van der Waals surface area contributed by atoms with Crippen molar-refractivity contribution in [2.24, 2.45) is 17.4 Å². The molecule has 5 N–H and O–H groups in total. The van der Waals surface area contributed by atoms with Crippen LogP contribution in [0.5, 0.6) is 5.75 Å². The molecule has 1 aromatic carbocycles. The minimum Gasteiger partial charge on any atom is -0.484 e. The van der Waals surface area contributed by atoms with Gasteiger partial charge in [-0.3, -0.25) is 9.59 Å². The van der Waals surface area contributed by atoms with Crippen molar-refractivity contribution in [1.29, 1.82) is 0 Å². The molecule has 2 unspecified atom stereocenters. The second-order valence-corrected chi connectivity index (χ2v) is 4.66. The predicted molar refractivity (Wildman–Crippen MR) is 75.0 cm³/mol. The van der Waals surface area contributed by atoms with Crippen molar-refractivity contribution in [1.82, 2.24) is 0 Å². The summed E-state index contributed by atoms with van der Waals surface area (Å²) < 4.78 is 5.17. The maximum absolute atomic E-state index is 12.0. The van der Waals surface area contributed by atoms with Gasteiger partial charge in [-0.2, -0.15) is 0 Å². The Bertz CT molecular complexity index is 542. The molecule has 106 valence electrons. The lowest BCUT2D eigenvalue weighted by atomic mass is 10.1. The number of amides is 2. The molecular formula is C14H17N3O3. The van der Waals surface area contributed by atoms with Gasteiger partial charge < -0.3 is 21.5 Å². The molecular weight excluding hydrogens is 258 g/mol. The van der Waals surface area contributed by atoms with E-state index in [9.17, 15) is 9.59 Å². The van der Waals surface area contributed by atoms with Crippen molar-refractivity contribution in [2.75, 3.05) is 11.9 Å². The van der Waals surface area contributed by atoms with Crippen LogP contribution < -0.4 is 21.5 Å². The number of hydrogen-bond acceptors (Lipinski definition) is 4. The van der Waals surface area contributed by atoms with E-state index in [1.165, 1.54) is 0 Å². The molecule has 2 rings (SSSR count). The van der Waals surface area contributed by atoms with Gasteiger partial charge in [-0.05, 0) is 18.6 Å². The molecule has 0 heterocycles. The standard InChI is InChI=1S/C14H17N3O3/c15-10-5-4-9(6-10)14(19)17-11-2-1-3-12(7-11)20-8-13(16)18/h1-5,7,9-10H,6,8,15H2,(H2,16,18)(H,17,19). The molecule has 0 aliphatic heterocycles. The van der Waals surface area contributed by atoms with E-state index in [0.29, 0.717) is 17.9 Å². The highest BCUT2D eigenvalue weighted by atomic mass is 16.5. The van der Waals surface area contributed by atoms with Crippen LogP contribution in [0.1, 0.15) is 6.42 Å². The Balaban J connectivity index is 1.95. The molecule has 0 saturated carbocycles. The number of anilines is 1. The van der Waals surface area contributed by atoms with E-state index < -0.39 is 5.91 Å². The highest BCUT2D eigenvalue weighted by molar-refractivity contribution is 5.94. The number of hydrogen-bond donors (Lipinski definition) is 3. The van der Waals surface area contributed by atoms with Crippen molar-refractivity contribution >= 4 is 17.5 Å². The first-order chi connectivity index (χ1) is 9.54. The van der Waals surface area contributed by atoms with E-state index in [-0.39, 0.29) is 24.5 Å². The minimum atomic E-state index is -0.551. The summed E-state index contributed by atoms with van der Waals surface area (Å²) in [4.78, 5) is 22.7. The summed E-state index contributed by atoms with van der Waals surface area (Å²) in [5.74, 6) is -0.397. The second-order valence-electron chi connectivity index (χ2n) is 4.66. The van der Waals surface area contributed by atoms with Crippen LogP contribution in [0, 0.1) is 5.92 Å². The highest BCUT2D eigenvalue weighted by Gasteiger charge is 2.22.